The number of nitrogens with one attached hydrogen (secondary N) is 1. The molecule has 3 amide bonds. The zero-order valence-electron chi connectivity index (χ0n) is 17.7. The molecular weight excluding hydrogens is 552 g/mol. The first-order valence-corrected chi connectivity index (χ1v) is 10.9. The molecule has 0 bridgehead atoms. The minimum absolute atomic E-state index is 0.164. The maximum atomic E-state index is 12.8. The molecule has 1 heterocycles. The summed E-state index contributed by atoms with van der Waals surface area (Å²) in [7, 11) is 1.32. The second-order valence-electron chi connectivity index (χ2n) is 6.96. The fourth-order valence-electron chi connectivity index (χ4n) is 3.16. The molecule has 0 fully saturated rings. The highest BCUT2D eigenvalue weighted by molar-refractivity contribution is 6.55. The maximum Gasteiger partial charge on any atom is 0.329 e. The van der Waals surface area contributed by atoms with Crippen LogP contribution in [0.3, 0.4) is 0 Å². The molecule has 3 rings (SSSR count). The topological polar surface area (TPSA) is 145 Å². The van der Waals surface area contributed by atoms with E-state index in [4.69, 9.17) is 55.9 Å². The van der Waals surface area contributed by atoms with Gasteiger partial charge in [-0.15, -0.1) is 0 Å². The quantitative estimate of drug-likeness (QED) is 0.130. The van der Waals surface area contributed by atoms with Gasteiger partial charge in [-0.3, -0.25) is 29.4 Å². The van der Waals surface area contributed by atoms with Gasteiger partial charge < -0.3 is 14.8 Å². The highest BCUT2D eigenvalue weighted by Gasteiger charge is 2.45. The van der Waals surface area contributed by atoms with Crippen molar-refractivity contribution in [2.45, 2.75) is 13.0 Å². The first kappa shape index (κ1) is 26.5. The Morgan fingerprint density at radius 1 is 1.06 bits per heavy atom. The van der Waals surface area contributed by atoms with Gasteiger partial charge in [0.15, 0.2) is 6.61 Å². The second-order valence-corrected chi connectivity index (χ2v) is 8.47. The minimum atomic E-state index is -1.49. The molecule has 0 unspecified atom stereocenters. The van der Waals surface area contributed by atoms with Crippen LogP contribution in [-0.2, 0) is 14.3 Å². The van der Waals surface area contributed by atoms with Gasteiger partial charge in [0.1, 0.15) is 17.5 Å². The van der Waals surface area contributed by atoms with Crippen molar-refractivity contribution < 1.29 is 33.6 Å². The van der Waals surface area contributed by atoms with Crippen molar-refractivity contribution in [1.29, 1.82) is 0 Å². The van der Waals surface area contributed by atoms with E-state index in [-0.39, 0.29) is 42.7 Å². The maximum absolute atomic E-state index is 12.8. The highest BCUT2D eigenvalue weighted by Crippen LogP contribution is 2.45. The van der Waals surface area contributed by atoms with Crippen molar-refractivity contribution in [3.63, 3.8) is 0 Å². The summed E-state index contributed by atoms with van der Waals surface area (Å²) in [5.41, 5.74) is -1.25. The number of benzene rings is 2. The van der Waals surface area contributed by atoms with E-state index in [0.29, 0.717) is 4.90 Å². The largest absolute Gasteiger partial charge is 0.496 e. The highest BCUT2D eigenvalue weighted by atomic mass is 35.5. The Kier molecular flexibility index (Phi) is 7.75. The van der Waals surface area contributed by atoms with Crippen LogP contribution >= 0.6 is 46.4 Å². The van der Waals surface area contributed by atoms with Crippen LogP contribution < -0.4 is 10.1 Å². The van der Waals surface area contributed by atoms with Crippen LogP contribution in [0.2, 0.25) is 20.1 Å². The van der Waals surface area contributed by atoms with Crippen LogP contribution in [0, 0.1) is 10.1 Å². The normalized spacial score (nSPS) is 13.4. The number of nitrogens with zero attached hydrogens (tertiary/aromatic N) is 2. The van der Waals surface area contributed by atoms with E-state index >= 15 is 0 Å². The van der Waals surface area contributed by atoms with E-state index < -0.39 is 47.0 Å². The van der Waals surface area contributed by atoms with Crippen molar-refractivity contribution in [3.05, 3.63) is 59.5 Å². The molecule has 0 aliphatic carbocycles. The van der Waals surface area contributed by atoms with Gasteiger partial charge in [0.2, 0.25) is 0 Å². The Morgan fingerprint density at radius 3 is 2.09 bits per heavy atom. The van der Waals surface area contributed by atoms with E-state index in [1.807, 2.05) is 0 Å². The number of methoxy groups -OCH3 is 1. The summed E-state index contributed by atoms with van der Waals surface area (Å²) in [6, 6.07) is 2.23. The number of fused-ring (bicyclic) bond motifs is 1. The monoisotopic (exact) mass is 563 g/mol. The Bertz CT molecular complexity index is 1250. The number of carbonyl (C=O) groups is 4. The number of imide groups is 1. The number of ether oxygens (including phenoxy) is 2. The lowest BCUT2D eigenvalue weighted by Crippen LogP contribution is -2.44. The predicted molar refractivity (Wildman–Crippen MR) is 126 cm³/mol. The molecular formula is C20H13Cl4N3O8. The molecule has 184 valence electrons. The smallest absolute Gasteiger partial charge is 0.329 e. The van der Waals surface area contributed by atoms with Gasteiger partial charge in [0.25, 0.3) is 23.4 Å². The minimum Gasteiger partial charge on any atom is -0.496 e. The van der Waals surface area contributed by atoms with Gasteiger partial charge in [-0.2, -0.15) is 0 Å². The summed E-state index contributed by atoms with van der Waals surface area (Å²) in [6.07, 6.45) is 0. The Balaban J connectivity index is 1.72. The molecule has 15 heteroatoms. The fraction of sp³-hybridized carbons (Fsp3) is 0.200. The van der Waals surface area contributed by atoms with Gasteiger partial charge in [-0.25, -0.2) is 4.79 Å². The van der Waals surface area contributed by atoms with Crippen LogP contribution in [0.25, 0.3) is 0 Å². The number of hydrogen-bond acceptors (Lipinski definition) is 8. The van der Waals surface area contributed by atoms with E-state index in [2.05, 4.69) is 5.32 Å². The second kappa shape index (κ2) is 10.2. The zero-order valence-corrected chi connectivity index (χ0v) is 20.7. The molecule has 0 saturated carbocycles. The van der Waals surface area contributed by atoms with Crippen LogP contribution in [0.15, 0.2) is 18.2 Å². The number of nitro groups is 1. The van der Waals surface area contributed by atoms with Crippen molar-refractivity contribution in [3.8, 4) is 5.75 Å². The van der Waals surface area contributed by atoms with Gasteiger partial charge in [0, 0.05) is 0 Å². The summed E-state index contributed by atoms with van der Waals surface area (Å²) >= 11 is 24.0. The van der Waals surface area contributed by atoms with Crippen molar-refractivity contribution in [2.75, 3.05) is 19.0 Å². The van der Waals surface area contributed by atoms with Crippen LogP contribution in [0.5, 0.6) is 5.75 Å². The number of amides is 3. The third-order valence-electron chi connectivity index (χ3n) is 4.88. The van der Waals surface area contributed by atoms with Gasteiger partial charge in [-0.05, 0) is 19.1 Å². The number of halogens is 4. The molecule has 1 aliphatic rings. The molecule has 0 saturated heterocycles. The van der Waals surface area contributed by atoms with Crippen LogP contribution in [-0.4, -0.2) is 53.3 Å². The van der Waals surface area contributed by atoms with E-state index in [1.165, 1.54) is 26.2 Å². The van der Waals surface area contributed by atoms with Crippen LogP contribution in [0.4, 0.5) is 11.4 Å². The third-order valence-corrected chi connectivity index (χ3v) is 6.68. The van der Waals surface area contributed by atoms with Crippen molar-refractivity contribution >= 4 is 81.5 Å². The van der Waals surface area contributed by atoms with Gasteiger partial charge >= 0.3 is 5.97 Å². The summed E-state index contributed by atoms with van der Waals surface area (Å²) in [5.74, 6) is -3.76. The number of nitro benzene ring substituents is 1. The first-order valence-electron chi connectivity index (χ1n) is 9.43. The predicted octanol–water partition coefficient (Wildman–Crippen LogP) is 4.38. The number of rotatable bonds is 7. The molecule has 1 aliphatic heterocycles. The summed E-state index contributed by atoms with van der Waals surface area (Å²) in [5, 5.41) is 12.4. The molecule has 2 aromatic carbocycles. The van der Waals surface area contributed by atoms with E-state index in [0.717, 1.165) is 6.07 Å². The number of anilines is 1. The summed E-state index contributed by atoms with van der Waals surface area (Å²) in [6.45, 7) is 0.315. The van der Waals surface area contributed by atoms with Gasteiger partial charge in [-0.1, -0.05) is 46.4 Å². The SMILES string of the molecule is COc1ccc(NC(=O)COC(=O)[C@@H](C)N2C(=O)c3c(Cl)c(Cl)c(Cl)c(Cl)c3C2=O)c([N+](=O)[O-])c1. The van der Waals surface area contributed by atoms with Crippen LogP contribution in [0.1, 0.15) is 27.6 Å². The van der Waals surface area contributed by atoms with Gasteiger partial charge in [0.05, 0.1) is 49.3 Å². The average molecular weight is 565 g/mol. The average Bonchev–Trinajstić information content (AvgIpc) is 3.09. The standard InChI is InChI=1S/C20H13Cl4N3O8/c1-7(26-18(29)12-13(19(26)30)15(22)17(24)16(23)14(12)21)20(31)35-6-11(28)25-9-4-3-8(34-2)5-10(9)27(32)33/h3-5,7H,6H2,1-2H3,(H,25,28)/t7-/m1/s1. The molecule has 1 atom stereocenters. The van der Waals surface area contributed by atoms with E-state index in [9.17, 15) is 29.3 Å². The number of carbonyl (C=O) groups excluding carboxylic acids is 4. The molecule has 1 N–H and O–H groups in total. The van der Waals surface area contributed by atoms with Crippen molar-refractivity contribution in [1.82, 2.24) is 4.90 Å². The third kappa shape index (κ3) is 4.85. The summed E-state index contributed by atoms with van der Waals surface area (Å²) < 4.78 is 9.80. The molecule has 35 heavy (non-hydrogen) atoms. The lowest BCUT2D eigenvalue weighted by Gasteiger charge is -2.20. The Labute approximate surface area is 216 Å². The lowest BCUT2D eigenvalue weighted by molar-refractivity contribution is -0.384. The first-order chi connectivity index (χ1) is 16.4. The molecule has 2 aromatic rings. The lowest BCUT2D eigenvalue weighted by atomic mass is 10.1. The molecule has 11 nitrogen and oxygen atoms in total. The fourth-order valence-corrected chi connectivity index (χ4v) is 4.18. The zero-order chi connectivity index (χ0) is 26.2. The Morgan fingerprint density at radius 2 is 1.60 bits per heavy atom. The molecule has 0 radical (unpaired) electrons. The van der Waals surface area contributed by atoms with Crippen molar-refractivity contribution in [2.24, 2.45) is 0 Å². The molecule has 0 aromatic heterocycles. The number of esters is 1. The molecule has 0 spiro atoms. The number of hydrogen-bond donors (Lipinski definition) is 1. The van der Waals surface area contributed by atoms with E-state index in [1.54, 1.807) is 0 Å². The Hall–Kier alpha value is -3.12. The summed E-state index contributed by atoms with van der Waals surface area (Å²) in [4.78, 5) is 61.4.